The number of piperidine rings is 1. The van der Waals surface area contributed by atoms with Crippen LogP contribution in [0.2, 0.25) is 10.0 Å². The van der Waals surface area contributed by atoms with E-state index in [1.165, 1.54) is 12.8 Å². The molecule has 5 nitrogen and oxygen atoms in total. The molecule has 1 fully saturated rings. The fourth-order valence-electron chi connectivity index (χ4n) is 3.89. The summed E-state index contributed by atoms with van der Waals surface area (Å²) in [7, 11) is 1.62. The lowest BCUT2D eigenvalue weighted by Crippen LogP contribution is -2.35. The van der Waals surface area contributed by atoms with Crippen molar-refractivity contribution >= 4 is 34.0 Å². The maximum absolute atomic E-state index is 10.7. The number of halogens is 2. The first kappa shape index (κ1) is 21.2. The normalized spacial score (nSPS) is 15.6. The standard InChI is InChI=1S/C23H26Cl2N2O3/c1-15-5-7-26(8-6-15)9-10-30-22-12-17(3-4-21(22)29-2)27-14-16-11-19(24)20(25)13-18(16)23(27)28/h3-4,11-15,28H,5-10H2,1-2H3. The van der Waals surface area contributed by atoms with E-state index in [4.69, 9.17) is 32.7 Å². The summed E-state index contributed by atoms with van der Waals surface area (Å²) in [5.41, 5.74) is 0.763. The topological polar surface area (TPSA) is 46.9 Å². The van der Waals surface area contributed by atoms with Crippen LogP contribution in [-0.4, -0.2) is 47.9 Å². The summed E-state index contributed by atoms with van der Waals surface area (Å²) >= 11 is 12.2. The average molecular weight is 449 g/mol. The maximum atomic E-state index is 10.7. The molecule has 0 saturated carbocycles. The monoisotopic (exact) mass is 448 g/mol. The average Bonchev–Trinajstić information content (AvgIpc) is 3.05. The second-order valence-corrected chi connectivity index (χ2v) is 8.70. The molecule has 7 heteroatoms. The van der Waals surface area contributed by atoms with Crippen molar-refractivity contribution in [2.45, 2.75) is 19.8 Å². The molecule has 0 amide bonds. The van der Waals surface area contributed by atoms with Crippen LogP contribution in [0.3, 0.4) is 0 Å². The van der Waals surface area contributed by atoms with Gasteiger partial charge in [-0.15, -0.1) is 0 Å². The van der Waals surface area contributed by atoms with Crippen molar-refractivity contribution in [3.05, 3.63) is 46.6 Å². The molecule has 30 heavy (non-hydrogen) atoms. The highest BCUT2D eigenvalue weighted by Crippen LogP contribution is 2.37. The van der Waals surface area contributed by atoms with Crippen LogP contribution in [0.5, 0.6) is 17.4 Å². The lowest BCUT2D eigenvalue weighted by atomic mass is 9.99. The third kappa shape index (κ3) is 4.34. The molecule has 0 bridgehead atoms. The van der Waals surface area contributed by atoms with Gasteiger partial charge in [-0.2, -0.15) is 0 Å². The number of nitrogens with zero attached hydrogens (tertiary/aromatic N) is 2. The van der Waals surface area contributed by atoms with Gasteiger partial charge in [0.1, 0.15) is 6.61 Å². The molecular formula is C23H26Cl2N2O3. The van der Waals surface area contributed by atoms with Gasteiger partial charge in [0.25, 0.3) is 0 Å². The van der Waals surface area contributed by atoms with Gasteiger partial charge >= 0.3 is 0 Å². The zero-order valence-electron chi connectivity index (χ0n) is 17.2. The largest absolute Gasteiger partial charge is 0.494 e. The first-order valence-corrected chi connectivity index (χ1v) is 10.9. The van der Waals surface area contributed by atoms with Gasteiger partial charge in [-0.25, -0.2) is 0 Å². The Morgan fingerprint density at radius 2 is 1.80 bits per heavy atom. The lowest BCUT2D eigenvalue weighted by Gasteiger charge is -2.30. The Morgan fingerprint density at radius 3 is 2.53 bits per heavy atom. The third-order valence-corrected chi connectivity index (χ3v) is 6.52. The Morgan fingerprint density at radius 1 is 1.07 bits per heavy atom. The van der Waals surface area contributed by atoms with Crippen molar-refractivity contribution in [3.63, 3.8) is 0 Å². The summed E-state index contributed by atoms with van der Waals surface area (Å²) in [6, 6.07) is 9.01. The molecule has 0 atom stereocenters. The molecular weight excluding hydrogens is 423 g/mol. The van der Waals surface area contributed by atoms with Crippen molar-refractivity contribution in [2.24, 2.45) is 5.92 Å². The van der Waals surface area contributed by atoms with Crippen molar-refractivity contribution in [1.29, 1.82) is 0 Å². The highest BCUT2D eigenvalue weighted by molar-refractivity contribution is 6.42. The van der Waals surface area contributed by atoms with Crippen LogP contribution in [0, 0.1) is 5.92 Å². The lowest BCUT2D eigenvalue weighted by molar-refractivity contribution is 0.158. The minimum atomic E-state index is 0.0992. The molecule has 0 aliphatic carbocycles. The second kappa shape index (κ2) is 8.96. The number of methoxy groups -OCH3 is 1. The number of aromatic hydroxyl groups is 1. The Bertz CT molecular complexity index is 1040. The van der Waals surface area contributed by atoms with Crippen LogP contribution >= 0.6 is 23.2 Å². The highest BCUT2D eigenvalue weighted by atomic mass is 35.5. The number of rotatable bonds is 6. The number of ether oxygens (including phenoxy) is 2. The molecule has 1 aliphatic rings. The van der Waals surface area contributed by atoms with E-state index in [1.54, 1.807) is 23.8 Å². The Hall–Kier alpha value is -2.08. The Balaban J connectivity index is 1.55. The van der Waals surface area contributed by atoms with Gasteiger partial charge in [0.2, 0.25) is 5.88 Å². The van der Waals surface area contributed by atoms with Crippen molar-refractivity contribution < 1.29 is 14.6 Å². The van der Waals surface area contributed by atoms with Gasteiger partial charge in [-0.1, -0.05) is 30.1 Å². The molecule has 0 radical (unpaired) electrons. The molecule has 4 rings (SSSR count). The number of benzene rings is 2. The molecule has 2 heterocycles. The van der Waals surface area contributed by atoms with E-state index in [2.05, 4.69) is 11.8 Å². The summed E-state index contributed by atoms with van der Waals surface area (Å²) in [6.07, 6.45) is 4.31. The Labute approximate surface area is 186 Å². The van der Waals surface area contributed by atoms with Gasteiger partial charge < -0.3 is 14.6 Å². The van der Waals surface area contributed by atoms with Crippen molar-refractivity contribution in [2.75, 3.05) is 33.4 Å². The zero-order valence-corrected chi connectivity index (χ0v) is 18.7. The van der Waals surface area contributed by atoms with Crippen LogP contribution in [0.4, 0.5) is 0 Å². The molecule has 2 aromatic carbocycles. The second-order valence-electron chi connectivity index (χ2n) is 7.88. The van der Waals surface area contributed by atoms with Crippen molar-refractivity contribution in [3.8, 4) is 23.1 Å². The van der Waals surface area contributed by atoms with E-state index >= 15 is 0 Å². The predicted molar refractivity (Wildman–Crippen MR) is 122 cm³/mol. The molecule has 1 saturated heterocycles. The predicted octanol–water partition coefficient (Wildman–Crippen LogP) is 5.76. The van der Waals surface area contributed by atoms with Gasteiger partial charge in [-0.05, 0) is 56.1 Å². The summed E-state index contributed by atoms with van der Waals surface area (Å²) in [6.45, 7) is 6.02. The molecule has 3 aromatic rings. The van der Waals surface area contributed by atoms with E-state index in [9.17, 15) is 5.11 Å². The molecule has 0 spiro atoms. The van der Waals surface area contributed by atoms with E-state index < -0.39 is 0 Å². The fourth-order valence-corrected chi connectivity index (χ4v) is 4.22. The SMILES string of the molecule is COc1ccc(-n2cc3cc(Cl)c(Cl)cc3c2O)cc1OCCN1CCC(C)CC1. The van der Waals surface area contributed by atoms with Crippen LogP contribution in [-0.2, 0) is 0 Å². The van der Waals surface area contributed by atoms with Gasteiger partial charge in [0.15, 0.2) is 11.5 Å². The minimum absolute atomic E-state index is 0.0992. The van der Waals surface area contributed by atoms with Gasteiger partial charge in [-0.3, -0.25) is 9.47 Å². The van der Waals surface area contributed by atoms with Crippen LogP contribution in [0.1, 0.15) is 19.8 Å². The summed E-state index contributed by atoms with van der Waals surface area (Å²) in [5.74, 6) is 2.22. The molecule has 1 aliphatic heterocycles. The number of likely N-dealkylation sites (tertiary alicyclic amines) is 1. The number of fused-ring (bicyclic) bond motifs is 1. The smallest absolute Gasteiger partial charge is 0.203 e. The van der Waals surface area contributed by atoms with Crippen LogP contribution in [0.25, 0.3) is 16.5 Å². The van der Waals surface area contributed by atoms with E-state index in [1.807, 2.05) is 24.4 Å². The first-order chi connectivity index (χ1) is 14.5. The highest BCUT2D eigenvalue weighted by Gasteiger charge is 2.17. The van der Waals surface area contributed by atoms with Gasteiger partial charge in [0.05, 0.1) is 22.8 Å². The van der Waals surface area contributed by atoms with E-state index in [-0.39, 0.29) is 5.88 Å². The zero-order chi connectivity index (χ0) is 21.3. The van der Waals surface area contributed by atoms with E-state index in [0.717, 1.165) is 36.6 Å². The molecule has 160 valence electrons. The van der Waals surface area contributed by atoms with E-state index in [0.29, 0.717) is 33.5 Å². The molecule has 1 aromatic heterocycles. The summed E-state index contributed by atoms with van der Waals surface area (Å²) in [5, 5.41) is 13.0. The fraction of sp³-hybridized carbons (Fsp3) is 0.391. The summed E-state index contributed by atoms with van der Waals surface area (Å²) in [4.78, 5) is 2.44. The minimum Gasteiger partial charge on any atom is -0.494 e. The summed E-state index contributed by atoms with van der Waals surface area (Å²) < 4.78 is 13.2. The third-order valence-electron chi connectivity index (χ3n) is 5.80. The molecule has 1 N–H and O–H groups in total. The number of hydrogen-bond acceptors (Lipinski definition) is 4. The van der Waals surface area contributed by atoms with Crippen molar-refractivity contribution in [1.82, 2.24) is 9.47 Å². The van der Waals surface area contributed by atoms with Crippen LogP contribution < -0.4 is 9.47 Å². The number of hydrogen-bond donors (Lipinski definition) is 1. The first-order valence-electron chi connectivity index (χ1n) is 10.2. The number of aromatic nitrogens is 1. The Kier molecular flexibility index (Phi) is 6.32. The quantitative estimate of drug-likeness (QED) is 0.520. The van der Waals surface area contributed by atoms with Gasteiger partial charge in [0, 0.05) is 29.6 Å². The maximum Gasteiger partial charge on any atom is 0.203 e. The van der Waals surface area contributed by atoms with Crippen LogP contribution in [0.15, 0.2) is 36.5 Å². The molecule has 0 unspecified atom stereocenters.